The Morgan fingerprint density at radius 1 is 1.32 bits per heavy atom. The molecule has 1 amide bonds. The Balaban J connectivity index is 1.85. The van der Waals surface area contributed by atoms with Gasteiger partial charge in [0.1, 0.15) is 0 Å². The summed E-state index contributed by atoms with van der Waals surface area (Å²) in [4.78, 5) is 14.2. The summed E-state index contributed by atoms with van der Waals surface area (Å²) in [7, 11) is 0. The van der Waals surface area contributed by atoms with Crippen LogP contribution in [0.2, 0.25) is 0 Å². The van der Waals surface area contributed by atoms with Gasteiger partial charge in [-0.25, -0.2) is 0 Å². The first-order valence-corrected chi connectivity index (χ1v) is 8.69. The van der Waals surface area contributed by atoms with E-state index in [0.717, 1.165) is 32.5 Å². The number of carbonyl (C=O) groups excluding carboxylic acids is 1. The fourth-order valence-electron chi connectivity index (χ4n) is 3.11. The fourth-order valence-corrected chi connectivity index (χ4v) is 3.11. The van der Waals surface area contributed by atoms with E-state index in [1.807, 2.05) is 6.92 Å². The van der Waals surface area contributed by atoms with E-state index < -0.39 is 0 Å². The fraction of sp³-hybridized carbons (Fsp3) is 0.632. The van der Waals surface area contributed by atoms with E-state index in [2.05, 4.69) is 48.3 Å². The van der Waals surface area contributed by atoms with Crippen molar-refractivity contribution >= 4 is 5.91 Å². The second kappa shape index (κ2) is 8.33. The summed E-state index contributed by atoms with van der Waals surface area (Å²) in [5, 5.41) is 3.18. The summed E-state index contributed by atoms with van der Waals surface area (Å²) in [5.74, 6) is 0.790. The molecule has 1 aliphatic rings. The van der Waals surface area contributed by atoms with Crippen LogP contribution in [0.25, 0.3) is 0 Å². The topological polar surface area (TPSA) is 32.3 Å². The highest BCUT2D eigenvalue weighted by molar-refractivity contribution is 5.76. The molecule has 2 rings (SSSR count). The van der Waals surface area contributed by atoms with Crippen molar-refractivity contribution in [3.63, 3.8) is 0 Å². The molecule has 0 spiro atoms. The molecule has 1 unspecified atom stereocenters. The molecule has 22 heavy (non-hydrogen) atoms. The first-order chi connectivity index (χ1) is 10.6. The number of piperidine rings is 1. The Morgan fingerprint density at radius 3 is 2.68 bits per heavy atom. The van der Waals surface area contributed by atoms with Crippen LogP contribution in [0.4, 0.5) is 0 Å². The number of hydrogen-bond acceptors (Lipinski definition) is 2. The van der Waals surface area contributed by atoms with Crippen LogP contribution in [0.5, 0.6) is 0 Å². The molecule has 1 N–H and O–H groups in total. The summed E-state index contributed by atoms with van der Waals surface area (Å²) in [5.41, 5.74) is 2.76. The lowest BCUT2D eigenvalue weighted by Gasteiger charge is -2.33. The predicted octanol–water partition coefficient (Wildman–Crippen LogP) is 3.69. The van der Waals surface area contributed by atoms with Gasteiger partial charge in [-0.05, 0) is 42.9 Å². The van der Waals surface area contributed by atoms with Crippen molar-refractivity contribution in [1.82, 2.24) is 10.2 Å². The lowest BCUT2D eigenvalue weighted by atomic mass is 10.0. The van der Waals surface area contributed by atoms with Gasteiger partial charge in [-0.3, -0.25) is 9.69 Å². The Labute approximate surface area is 135 Å². The number of amides is 1. The van der Waals surface area contributed by atoms with E-state index in [4.69, 9.17) is 0 Å². The number of nitrogens with zero attached hydrogens (tertiary/aromatic N) is 1. The second-order valence-electron chi connectivity index (χ2n) is 6.79. The largest absolute Gasteiger partial charge is 0.352 e. The van der Waals surface area contributed by atoms with Crippen LogP contribution in [-0.2, 0) is 11.3 Å². The Morgan fingerprint density at radius 2 is 2.05 bits per heavy atom. The van der Waals surface area contributed by atoms with Crippen molar-refractivity contribution in [2.24, 2.45) is 0 Å². The van der Waals surface area contributed by atoms with E-state index >= 15 is 0 Å². The number of hydrogen-bond donors (Lipinski definition) is 1. The van der Waals surface area contributed by atoms with Gasteiger partial charge >= 0.3 is 0 Å². The summed E-state index contributed by atoms with van der Waals surface area (Å²) >= 11 is 0. The van der Waals surface area contributed by atoms with Crippen LogP contribution < -0.4 is 5.32 Å². The first-order valence-electron chi connectivity index (χ1n) is 8.69. The molecule has 0 aliphatic carbocycles. The van der Waals surface area contributed by atoms with Crippen LogP contribution in [0.1, 0.15) is 63.5 Å². The average molecular weight is 302 g/mol. The monoisotopic (exact) mass is 302 g/mol. The van der Waals surface area contributed by atoms with Gasteiger partial charge in [0.25, 0.3) is 0 Å². The van der Waals surface area contributed by atoms with Crippen LogP contribution in [0, 0.1) is 0 Å². The molecule has 122 valence electrons. The molecule has 1 atom stereocenters. The van der Waals surface area contributed by atoms with Crippen LogP contribution in [0.15, 0.2) is 24.3 Å². The molecular formula is C19H30N2O. The van der Waals surface area contributed by atoms with Crippen molar-refractivity contribution in [2.75, 3.05) is 13.1 Å². The third kappa shape index (κ3) is 5.13. The van der Waals surface area contributed by atoms with Gasteiger partial charge < -0.3 is 5.32 Å². The maximum Gasteiger partial charge on any atom is 0.220 e. The maximum atomic E-state index is 11.7. The normalized spacial score (nSPS) is 19.4. The van der Waals surface area contributed by atoms with E-state index in [9.17, 15) is 4.79 Å². The summed E-state index contributed by atoms with van der Waals surface area (Å²) in [6.07, 6.45) is 3.84. The predicted molar refractivity (Wildman–Crippen MR) is 91.9 cm³/mol. The highest BCUT2D eigenvalue weighted by atomic mass is 16.1. The van der Waals surface area contributed by atoms with E-state index in [0.29, 0.717) is 18.4 Å². The third-order valence-electron chi connectivity index (χ3n) is 4.40. The number of rotatable bonds is 6. The number of carbonyl (C=O) groups is 1. The molecular weight excluding hydrogens is 272 g/mol. The van der Waals surface area contributed by atoms with Gasteiger partial charge in [-0.2, -0.15) is 0 Å². The van der Waals surface area contributed by atoms with Crippen molar-refractivity contribution in [3.05, 3.63) is 35.4 Å². The first kappa shape index (κ1) is 17.0. The molecule has 0 aromatic heterocycles. The van der Waals surface area contributed by atoms with Crippen LogP contribution in [-0.4, -0.2) is 29.9 Å². The standard InChI is InChI=1S/C19H30N2O/c1-4-6-19(22)20-18-7-5-12-21(14-18)13-16-8-10-17(11-9-16)15(2)3/h8-11,15,18H,4-7,12-14H2,1-3H3,(H,20,22). The molecule has 0 bridgehead atoms. The smallest absolute Gasteiger partial charge is 0.220 e. The Kier molecular flexibility index (Phi) is 6.44. The van der Waals surface area contributed by atoms with Crippen molar-refractivity contribution < 1.29 is 4.79 Å². The molecule has 0 saturated carbocycles. The zero-order valence-corrected chi connectivity index (χ0v) is 14.3. The minimum atomic E-state index is 0.204. The van der Waals surface area contributed by atoms with Gasteiger partial charge in [-0.15, -0.1) is 0 Å². The summed E-state index contributed by atoms with van der Waals surface area (Å²) in [6.45, 7) is 9.59. The average Bonchev–Trinajstić information content (AvgIpc) is 2.48. The quantitative estimate of drug-likeness (QED) is 0.869. The van der Waals surface area contributed by atoms with E-state index in [1.54, 1.807) is 0 Å². The Bertz CT molecular complexity index is 467. The van der Waals surface area contributed by atoms with Gasteiger partial charge in [0.05, 0.1) is 0 Å². The van der Waals surface area contributed by atoms with E-state index in [1.165, 1.54) is 17.5 Å². The molecule has 3 heteroatoms. The molecule has 1 aromatic rings. The number of benzene rings is 1. The molecule has 1 fully saturated rings. The zero-order valence-electron chi connectivity index (χ0n) is 14.3. The second-order valence-corrected chi connectivity index (χ2v) is 6.79. The van der Waals surface area contributed by atoms with Gasteiger partial charge in [-0.1, -0.05) is 45.0 Å². The lowest BCUT2D eigenvalue weighted by Crippen LogP contribution is -2.47. The molecule has 1 saturated heterocycles. The maximum absolute atomic E-state index is 11.7. The van der Waals surface area contributed by atoms with Crippen LogP contribution in [0.3, 0.4) is 0 Å². The minimum absolute atomic E-state index is 0.204. The highest BCUT2D eigenvalue weighted by Gasteiger charge is 2.21. The third-order valence-corrected chi connectivity index (χ3v) is 4.40. The molecule has 1 aliphatic heterocycles. The molecule has 0 radical (unpaired) electrons. The summed E-state index contributed by atoms with van der Waals surface area (Å²) < 4.78 is 0. The molecule has 1 aromatic carbocycles. The SMILES string of the molecule is CCCC(=O)NC1CCCN(Cc2ccc(C(C)C)cc2)C1. The van der Waals surface area contributed by atoms with Gasteiger partial charge in [0.2, 0.25) is 5.91 Å². The molecule has 3 nitrogen and oxygen atoms in total. The Hall–Kier alpha value is -1.35. The minimum Gasteiger partial charge on any atom is -0.352 e. The molecule has 1 heterocycles. The van der Waals surface area contributed by atoms with Crippen molar-refractivity contribution in [2.45, 2.75) is 65.0 Å². The van der Waals surface area contributed by atoms with Gasteiger partial charge in [0.15, 0.2) is 0 Å². The van der Waals surface area contributed by atoms with Gasteiger partial charge in [0, 0.05) is 25.6 Å². The van der Waals surface area contributed by atoms with Crippen molar-refractivity contribution in [3.8, 4) is 0 Å². The lowest BCUT2D eigenvalue weighted by molar-refractivity contribution is -0.122. The zero-order chi connectivity index (χ0) is 15.9. The number of likely N-dealkylation sites (tertiary alicyclic amines) is 1. The van der Waals surface area contributed by atoms with Crippen molar-refractivity contribution in [1.29, 1.82) is 0 Å². The van der Waals surface area contributed by atoms with Crippen LogP contribution >= 0.6 is 0 Å². The highest BCUT2D eigenvalue weighted by Crippen LogP contribution is 2.17. The van der Waals surface area contributed by atoms with E-state index in [-0.39, 0.29) is 5.91 Å². The summed E-state index contributed by atoms with van der Waals surface area (Å²) in [6, 6.07) is 9.29. The number of nitrogens with one attached hydrogen (secondary N) is 1.